The van der Waals surface area contributed by atoms with E-state index in [9.17, 15) is 13.2 Å². The molecule has 2 aliphatic rings. The van der Waals surface area contributed by atoms with Crippen LogP contribution in [0, 0.1) is 0 Å². The van der Waals surface area contributed by atoms with Crippen molar-refractivity contribution in [2.24, 2.45) is 0 Å². The molecular formula is C24H33N3O4S. The molecule has 0 N–H and O–H groups in total. The van der Waals surface area contributed by atoms with Crippen LogP contribution in [0.5, 0.6) is 0 Å². The predicted octanol–water partition coefficient (Wildman–Crippen LogP) is 1.62. The Morgan fingerprint density at radius 2 is 1.78 bits per heavy atom. The van der Waals surface area contributed by atoms with Crippen LogP contribution in [0.1, 0.15) is 12.0 Å². The summed E-state index contributed by atoms with van der Waals surface area (Å²) in [5.41, 5.74) is 1.33. The number of hydrogen-bond donors (Lipinski definition) is 0. The van der Waals surface area contributed by atoms with Crippen LogP contribution in [0.25, 0.3) is 10.8 Å². The number of hydrogen-bond acceptors (Lipinski definition) is 6. The lowest BCUT2D eigenvalue weighted by atomic mass is 10.0. The molecule has 4 rings (SSSR count). The summed E-state index contributed by atoms with van der Waals surface area (Å²) >= 11 is 0. The zero-order valence-electron chi connectivity index (χ0n) is 18.8. The number of nitrogens with zero attached hydrogens (tertiary/aromatic N) is 3. The summed E-state index contributed by atoms with van der Waals surface area (Å²) in [4.78, 5) is 19.4. The van der Waals surface area contributed by atoms with Crippen molar-refractivity contribution in [3.63, 3.8) is 0 Å². The minimum absolute atomic E-state index is 0.00616. The van der Waals surface area contributed by atoms with Gasteiger partial charge in [-0.05, 0) is 22.8 Å². The number of carbonyl (C=O) groups excluding carboxylic acids is 1. The summed E-state index contributed by atoms with van der Waals surface area (Å²) in [5, 5.41) is 2.56. The number of piperazine rings is 1. The second-order valence-corrected chi connectivity index (χ2v) is 11.1. The van der Waals surface area contributed by atoms with Crippen LogP contribution in [-0.4, -0.2) is 99.6 Å². The lowest BCUT2D eigenvalue weighted by Gasteiger charge is -2.36. The van der Waals surface area contributed by atoms with E-state index in [0.717, 1.165) is 32.7 Å². The van der Waals surface area contributed by atoms with Crippen LogP contribution in [0.3, 0.4) is 0 Å². The van der Waals surface area contributed by atoms with Gasteiger partial charge in [-0.3, -0.25) is 14.6 Å². The second kappa shape index (κ2) is 10.3. The first-order chi connectivity index (χ1) is 15.4. The van der Waals surface area contributed by atoms with Crippen molar-refractivity contribution in [2.45, 2.75) is 19.0 Å². The third kappa shape index (κ3) is 5.67. The summed E-state index contributed by atoms with van der Waals surface area (Å²) in [7, 11) is -1.44. The van der Waals surface area contributed by atoms with Crippen molar-refractivity contribution in [2.75, 3.05) is 64.5 Å². The molecule has 1 atom stereocenters. The van der Waals surface area contributed by atoms with E-state index in [0.29, 0.717) is 26.1 Å². The van der Waals surface area contributed by atoms with Crippen LogP contribution in [0.15, 0.2) is 42.5 Å². The molecule has 2 fully saturated rings. The number of amides is 1. The van der Waals surface area contributed by atoms with Gasteiger partial charge >= 0.3 is 0 Å². The summed E-state index contributed by atoms with van der Waals surface area (Å²) in [6.07, 6.45) is 0.524. The van der Waals surface area contributed by atoms with Gasteiger partial charge < -0.3 is 9.64 Å². The second-order valence-electron chi connectivity index (χ2n) is 8.83. The molecule has 7 nitrogen and oxygen atoms in total. The van der Waals surface area contributed by atoms with Crippen molar-refractivity contribution < 1.29 is 17.9 Å². The topological polar surface area (TPSA) is 70.2 Å². The lowest BCUT2D eigenvalue weighted by Crippen LogP contribution is -2.52. The molecule has 1 amide bonds. The molecule has 2 heterocycles. The standard InChI is InChI=1S/C24H33N3O4S/c1-31-15-14-27(22-9-16-32(29,30)19-22)24(28)18-26-12-10-25(11-13-26)17-21-7-4-6-20-5-2-3-8-23(20)21/h2-8,22H,9-19H2,1H3/t22-/m0/s1. The maximum absolute atomic E-state index is 13.1. The minimum atomic E-state index is -3.04. The van der Waals surface area contributed by atoms with Crippen molar-refractivity contribution in [3.8, 4) is 0 Å². The Hall–Kier alpha value is -2.00. The lowest BCUT2D eigenvalue weighted by molar-refractivity contribution is -0.135. The van der Waals surface area contributed by atoms with Gasteiger partial charge in [-0.2, -0.15) is 0 Å². The Kier molecular flexibility index (Phi) is 7.45. The van der Waals surface area contributed by atoms with Gasteiger partial charge in [0.25, 0.3) is 0 Å². The molecule has 0 aromatic heterocycles. The van der Waals surface area contributed by atoms with Crippen LogP contribution in [0.4, 0.5) is 0 Å². The number of methoxy groups -OCH3 is 1. The SMILES string of the molecule is COCCN(C(=O)CN1CCN(Cc2cccc3ccccc23)CC1)[C@H]1CCS(=O)(=O)C1. The summed E-state index contributed by atoms with van der Waals surface area (Å²) in [6, 6.07) is 14.7. The Balaban J connectivity index is 1.32. The van der Waals surface area contributed by atoms with E-state index < -0.39 is 9.84 Å². The molecular weight excluding hydrogens is 426 g/mol. The highest BCUT2D eigenvalue weighted by molar-refractivity contribution is 7.91. The van der Waals surface area contributed by atoms with Gasteiger partial charge in [-0.1, -0.05) is 42.5 Å². The summed E-state index contributed by atoms with van der Waals surface area (Å²) in [6.45, 7) is 5.58. The normalized spacial score (nSPS) is 21.7. The number of benzene rings is 2. The number of carbonyl (C=O) groups is 1. The number of sulfone groups is 1. The molecule has 32 heavy (non-hydrogen) atoms. The Morgan fingerprint density at radius 1 is 1.06 bits per heavy atom. The molecule has 2 aliphatic heterocycles. The van der Waals surface area contributed by atoms with Gasteiger partial charge in [0.05, 0.1) is 24.7 Å². The first-order valence-electron chi connectivity index (χ1n) is 11.4. The van der Waals surface area contributed by atoms with Gasteiger partial charge in [0, 0.05) is 52.4 Å². The zero-order chi connectivity index (χ0) is 22.6. The average molecular weight is 460 g/mol. The third-order valence-corrected chi connectivity index (χ3v) is 8.35. The van der Waals surface area contributed by atoms with Crippen LogP contribution < -0.4 is 0 Å². The van der Waals surface area contributed by atoms with Crippen LogP contribution in [0.2, 0.25) is 0 Å². The molecule has 2 saturated heterocycles. The average Bonchev–Trinajstić information content (AvgIpc) is 3.15. The van der Waals surface area contributed by atoms with Gasteiger partial charge in [-0.15, -0.1) is 0 Å². The largest absolute Gasteiger partial charge is 0.383 e. The molecule has 2 aromatic rings. The first-order valence-corrected chi connectivity index (χ1v) is 13.2. The fourth-order valence-electron chi connectivity index (χ4n) is 4.78. The van der Waals surface area contributed by atoms with E-state index in [1.54, 1.807) is 12.0 Å². The molecule has 0 unspecified atom stereocenters. The van der Waals surface area contributed by atoms with Crippen molar-refractivity contribution >= 4 is 26.5 Å². The fraction of sp³-hybridized carbons (Fsp3) is 0.542. The summed E-state index contributed by atoms with van der Waals surface area (Å²) < 4.78 is 29.0. The highest BCUT2D eigenvalue weighted by Crippen LogP contribution is 2.21. The predicted molar refractivity (Wildman–Crippen MR) is 126 cm³/mol. The highest BCUT2D eigenvalue weighted by atomic mass is 32.2. The first kappa shape index (κ1) is 23.2. The molecule has 0 radical (unpaired) electrons. The van der Waals surface area contributed by atoms with Crippen LogP contribution >= 0.6 is 0 Å². The number of fused-ring (bicyclic) bond motifs is 1. The minimum Gasteiger partial charge on any atom is -0.383 e. The molecule has 0 spiro atoms. The van der Waals surface area contributed by atoms with Gasteiger partial charge in [0.15, 0.2) is 9.84 Å². The van der Waals surface area contributed by atoms with Gasteiger partial charge in [0.2, 0.25) is 5.91 Å². The van der Waals surface area contributed by atoms with E-state index in [4.69, 9.17) is 4.74 Å². The molecule has 0 aliphatic carbocycles. The Labute approximate surface area is 190 Å². The van der Waals surface area contributed by atoms with Crippen molar-refractivity contribution in [1.82, 2.24) is 14.7 Å². The fourth-order valence-corrected chi connectivity index (χ4v) is 6.51. The molecule has 174 valence electrons. The number of rotatable bonds is 8. The third-order valence-electron chi connectivity index (χ3n) is 6.60. The van der Waals surface area contributed by atoms with E-state index in [1.165, 1.54) is 16.3 Å². The maximum Gasteiger partial charge on any atom is 0.237 e. The van der Waals surface area contributed by atoms with E-state index in [2.05, 4.69) is 52.3 Å². The Bertz CT molecular complexity index is 1030. The van der Waals surface area contributed by atoms with E-state index in [1.807, 2.05) is 0 Å². The molecule has 2 aromatic carbocycles. The Morgan fingerprint density at radius 3 is 2.50 bits per heavy atom. The monoisotopic (exact) mass is 459 g/mol. The van der Waals surface area contributed by atoms with Crippen molar-refractivity contribution in [1.29, 1.82) is 0 Å². The van der Waals surface area contributed by atoms with Gasteiger partial charge in [-0.25, -0.2) is 8.42 Å². The van der Waals surface area contributed by atoms with Crippen LogP contribution in [-0.2, 0) is 25.9 Å². The van der Waals surface area contributed by atoms with E-state index in [-0.39, 0.29) is 23.5 Å². The highest BCUT2D eigenvalue weighted by Gasteiger charge is 2.35. The smallest absolute Gasteiger partial charge is 0.237 e. The maximum atomic E-state index is 13.1. The van der Waals surface area contributed by atoms with E-state index >= 15 is 0 Å². The van der Waals surface area contributed by atoms with Gasteiger partial charge in [0.1, 0.15) is 0 Å². The quantitative estimate of drug-likeness (QED) is 0.598. The molecule has 0 bridgehead atoms. The summed E-state index contributed by atoms with van der Waals surface area (Å²) in [5.74, 6) is 0.245. The number of ether oxygens (including phenoxy) is 1. The molecule has 0 saturated carbocycles. The van der Waals surface area contributed by atoms with Crippen molar-refractivity contribution in [3.05, 3.63) is 48.0 Å². The zero-order valence-corrected chi connectivity index (χ0v) is 19.6. The molecule has 8 heteroatoms.